The highest BCUT2D eigenvalue weighted by Crippen LogP contribution is 2.30. The molecule has 1 atom stereocenters. The number of ether oxygens (including phenoxy) is 1. The molecule has 162 valence electrons. The van der Waals surface area contributed by atoms with E-state index in [-0.39, 0.29) is 12.0 Å². The summed E-state index contributed by atoms with van der Waals surface area (Å²) in [6.07, 6.45) is 0.533. The largest absolute Gasteiger partial charge is 0.368 e. The molecule has 3 aromatic rings. The zero-order chi connectivity index (χ0) is 21.6. The number of hydrogen-bond acceptors (Lipinski definition) is 5. The van der Waals surface area contributed by atoms with Gasteiger partial charge in [-0.15, -0.1) is 11.3 Å². The van der Waals surface area contributed by atoms with Gasteiger partial charge in [0.2, 0.25) is 5.91 Å². The van der Waals surface area contributed by atoms with E-state index in [4.69, 9.17) is 9.72 Å². The van der Waals surface area contributed by atoms with Crippen molar-refractivity contribution in [3.8, 4) is 11.3 Å². The van der Waals surface area contributed by atoms with E-state index in [1.54, 1.807) is 11.3 Å². The van der Waals surface area contributed by atoms with Gasteiger partial charge in [-0.3, -0.25) is 9.69 Å². The summed E-state index contributed by atoms with van der Waals surface area (Å²) in [4.78, 5) is 19.2. The number of carbonyl (C=O) groups is 1. The molecule has 0 spiro atoms. The Morgan fingerprint density at radius 3 is 2.71 bits per heavy atom. The molecule has 1 aromatic heterocycles. The Kier molecular flexibility index (Phi) is 7.12. The minimum Gasteiger partial charge on any atom is -0.368 e. The fourth-order valence-electron chi connectivity index (χ4n) is 3.71. The van der Waals surface area contributed by atoms with E-state index in [9.17, 15) is 4.79 Å². The number of morpholine rings is 1. The van der Waals surface area contributed by atoms with Crippen molar-refractivity contribution >= 4 is 22.9 Å². The summed E-state index contributed by atoms with van der Waals surface area (Å²) >= 11 is 1.65. The van der Waals surface area contributed by atoms with Crippen molar-refractivity contribution in [2.45, 2.75) is 32.9 Å². The van der Waals surface area contributed by atoms with Crippen LogP contribution in [-0.2, 0) is 16.1 Å². The van der Waals surface area contributed by atoms with Crippen molar-refractivity contribution in [1.29, 1.82) is 0 Å². The molecule has 1 aliphatic rings. The highest BCUT2D eigenvalue weighted by Gasteiger charge is 2.24. The third-order valence-electron chi connectivity index (χ3n) is 5.26. The Hall–Kier alpha value is -2.54. The van der Waals surface area contributed by atoms with E-state index < -0.39 is 0 Å². The zero-order valence-electron chi connectivity index (χ0n) is 18.1. The van der Waals surface area contributed by atoms with Crippen LogP contribution in [0.5, 0.6) is 0 Å². The molecule has 0 radical (unpaired) electrons. The van der Waals surface area contributed by atoms with Crippen LogP contribution in [0.4, 0.5) is 5.69 Å². The average Bonchev–Trinajstić information content (AvgIpc) is 3.25. The van der Waals surface area contributed by atoms with Crippen LogP contribution in [0.3, 0.4) is 0 Å². The lowest BCUT2D eigenvalue weighted by Crippen LogP contribution is -2.37. The van der Waals surface area contributed by atoms with Gasteiger partial charge in [0.05, 0.1) is 12.3 Å². The van der Waals surface area contributed by atoms with Crippen LogP contribution in [0.1, 0.15) is 36.9 Å². The Bertz CT molecular complexity index is 986. The van der Waals surface area contributed by atoms with Gasteiger partial charge in [-0.1, -0.05) is 56.3 Å². The first-order valence-corrected chi connectivity index (χ1v) is 11.7. The SMILES string of the molecule is CC(C)CC(=O)Nc1ccc(-c2csc(C3CN(Cc4ccccc4)CCO3)n2)cc1. The van der Waals surface area contributed by atoms with E-state index in [0.29, 0.717) is 12.3 Å². The summed E-state index contributed by atoms with van der Waals surface area (Å²) < 4.78 is 6.03. The lowest BCUT2D eigenvalue weighted by molar-refractivity contribution is -0.116. The van der Waals surface area contributed by atoms with Crippen molar-refractivity contribution in [3.05, 3.63) is 70.5 Å². The number of nitrogens with zero attached hydrogens (tertiary/aromatic N) is 2. The molecular formula is C25H29N3O2S. The van der Waals surface area contributed by atoms with Crippen molar-refractivity contribution < 1.29 is 9.53 Å². The molecule has 0 saturated carbocycles. The van der Waals surface area contributed by atoms with Crippen LogP contribution in [-0.4, -0.2) is 35.5 Å². The van der Waals surface area contributed by atoms with Crippen molar-refractivity contribution in [2.24, 2.45) is 5.92 Å². The first-order chi connectivity index (χ1) is 15.1. The third kappa shape index (κ3) is 6.00. The summed E-state index contributed by atoms with van der Waals surface area (Å²) in [5.41, 5.74) is 4.13. The quantitative estimate of drug-likeness (QED) is 0.542. The van der Waals surface area contributed by atoms with Crippen LogP contribution in [0.15, 0.2) is 60.0 Å². The van der Waals surface area contributed by atoms with Crippen LogP contribution in [0.25, 0.3) is 11.3 Å². The molecule has 4 rings (SSSR count). The number of rotatable bonds is 7. The second-order valence-electron chi connectivity index (χ2n) is 8.37. The fourth-order valence-corrected chi connectivity index (χ4v) is 4.58. The number of amides is 1. The van der Waals surface area contributed by atoms with Crippen molar-refractivity contribution in [2.75, 3.05) is 25.0 Å². The highest BCUT2D eigenvalue weighted by molar-refractivity contribution is 7.10. The van der Waals surface area contributed by atoms with Crippen molar-refractivity contribution in [3.63, 3.8) is 0 Å². The summed E-state index contributed by atoms with van der Waals surface area (Å²) in [5.74, 6) is 0.395. The number of benzene rings is 2. The summed E-state index contributed by atoms with van der Waals surface area (Å²) in [6, 6.07) is 18.4. The Morgan fingerprint density at radius 2 is 1.97 bits per heavy atom. The topological polar surface area (TPSA) is 54.5 Å². The van der Waals surface area contributed by atoms with E-state index in [1.807, 2.05) is 38.1 Å². The zero-order valence-corrected chi connectivity index (χ0v) is 18.9. The molecular weight excluding hydrogens is 406 g/mol. The van der Waals surface area contributed by atoms with Crippen LogP contribution in [0.2, 0.25) is 0 Å². The summed E-state index contributed by atoms with van der Waals surface area (Å²) in [5, 5.41) is 6.05. The molecule has 5 nitrogen and oxygen atoms in total. The van der Waals surface area contributed by atoms with Crippen LogP contribution < -0.4 is 5.32 Å². The lowest BCUT2D eigenvalue weighted by atomic mass is 10.1. The Balaban J connectivity index is 1.38. The van der Waals surface area contributed by atoms with Gasteiger partial charge in [0.15, 0.2) is 0 Å². The predicted octanol–water partition coefficient (Wildman–Crippen LogP) is 5.37. The van der Waals surface area contributed by atoms with E-state index in [1.165, 1.54) is 5.56 Å². The monoisotopic (exact) mass is 435 g/mol. The van der Waals surface area contributed by atoms with Gasteiger partial charge in [0.25, 0.3) is 0 Å². The number of aromatic nitrogens is 1. The van der Waals surface area contributed by atoms with E-state index >= 15 is 0 Å². The number of hydrogen-bond donors (Lipinski definition) is 1. The molecule has 2 heterocycles. The Labute approximate surface area is 188 Å². The molecule has 1 N–H and O–H groups in total. The van der Waals surface area contributed by atoms with Gasteiger partial charge in [-0.05, 0) is 23.6 Å². The molecule has 1 unspecified atom stereocenters. The summed E-state index contributed by atoms with van der Waals surface area (Å²) in [6.45, 7) is 7.52. The minimum absolute atomic E-state index is 0.00538. The maximum absolute atomic E-state index is 12.0. The first kappa shape index (κ1) is 21.7. The van der Waals surface area contributed by atoms with E-state index in [2.05, 4.69) is 45.9 Å². The van der Waals surface area contributed by atoms with Gasteiger partial charge in [-0.2, -0.15) is 0 Å². The van der Waals surface area contributed by atoms with Gasteiger partial charge in [-0.25, -0.2) is 4.98 Å². The maximum atomic E-state index is 12.0. The fraction of sp³-hybridized carbons (Fsp3) is 0.360. The molecule has 31 heavy (non-hydrogen) atoms. The minimum atomic E-state index is 0.00538. The van der Waals surface area contributed by atoms with Gasteiger partial charge in [0.1, 0.15) is 11.1 Å². The Morgan fingerprint density at radius 1 is 1.19 bits per heavy atom. The molecule has 6 heteroatoms. The molecule has 1 amide bonds. The normalized spacial score (nSPS) is 17.1. The standard InChI is InChI=1S/C25H29N3O2S/c1-18(2)14-24(29)26-21-10-8-20(9-11-21)22-17-31-25(27-22)23-16-28(12-13-30-23)15-19-6-4-3-5-7-19/h3-11,17-18,23H,12-16H2,1-2H3,(H,26,29). The summed E-state index contributed by atoms with van der Waals surface area (Å²) in [7, 11) is 0. The molecule has 1 fully saturated rings. The lowest BCUT2D eigenvalue weighted by Gasteiger charge is -2.32. The number of nitrogens with one attached hydrogen (secondary N) is 1. The second kappa shape index (κ2) is 10.2. The number of carbonyl (C=O) groups excluding carboxylic acids is 1. The molecule has 0 bridgehead atoms. The molecule has 1 aliphatic heterocycles. The molecule has 0 aliphatic carbocycles. The average molecular weight is 436 g/mol. The molecule has 2 aromatic carbocycles. The number of anilines is 1. The van der Waals surface area contributed by atoms with Crippen LogP contribution >= 0.6 is 11.3 Å². The third-order valence-corrected chi connectivity index (χ3v) is 6.19. The smallest absolute Gasteiger partial charge is 0.224 e. The highest BCUT2D eigenvalue weighted by atomic mass is 32.1. The van der Waals surface area contributed by atoms with Crippen molar-refractivity contribution in [1.82, 2.24) is 9.88 Å². The number of thiazole rings is 1. The van der Waals surface area contributed by atoms with E-state index in [0.717, 1.165) is 48.2 Å². The first-order valence-electron chi connectivity index (χ1n) is 10.8. The second-order valence-corrected chi connectivity index (χ2v) is 9.26. The van der Waals surface area contributed by atoms with Gasteiger partial charge >= 0.3 is 0 Å². The maximum Gasteiger partial charge on any atom is 0.224 e. The van der Waals surface area contributed by atoms with Gasteiger partial charge in [0, 0.05) is 42.7 Å². The predicted molar refractivity (Wildman–Crippen MR) is 126 cm³/mol. The molecule has 1 saturated heterocycles. The van der Waals surface area contributed by atoms with Gasteiger partial charge < -0.3 is 10.1 Å². The van der Waals surface area contributed by atoms with Crippen LogP contribution in [0, 0.1) is 5.92 Å².